The van der Waals surface area contributed by atoms with E-state index in [2.05, 4.69) is 58.0 Å². The Bertz CT molecular complexity index is 545. The second kappa shape index (κ2) is 4.25. The molecule has 0 heterocycles. The van der Waals surface area contributed by atoms with Crippen molar-refractivity contribution < 1.29 is 0 Å². The van der Waals surface area contributed by atoms with Gasteiger partial charge in [0.15, 0.2) is 0 Å². The summed E-state index contributed by atoms with van der Waals surface area (Å²) in [4.78, 5) is 0. The molecular weight excluding hydrogens is 206 g/mol. The van der Waals surface area contributed by atoms with Crippen LogP contribution in [0.4, 0.5) is 5.69 Å². The summed E-state index contributed by atoms with van der Waals surface area (Å²) in [5.41, 5.74) is 14.4. The number of hydrogen-bond donors (Lipinski definition) is 1. The van der Waals surface area contributed by atoms with Gasteiger partial charge in [0.1, 0.15) is 0 Å². The third kappa shape index (κ3) is 2.19. The van der Waals surface area contributed by atoms with E-state index in [0.29, 0.717) is 0 Å². The van der Waals surface area contributed by atoms with E-state index >= 15 is 0 Å². The average molecular weight is 225 g/mol. The molecule has 88 valence electrons. The van der Waals surface area contributed by atoms with Crippen LogP contribution in [0.2, 0.25) is 0 Å². The van der Waals surface area contributed by atoms with Gasteiger partial charge in [-0.3, -0.25) is 0 Å². The van der Waals surface area contributed by atoms with Gasteiger partial charge in [0.25, 0.3) is 0 Å². The Kier molecular flexibility index (Phi) is 2.93. The minimum atomic E-state index is 0.873. The van der Waals surface area contributed by atoms with Crippen LogP contribution >= 0.6 is 0 Å². The number of rotatable bonds is 1. The Morgan fingerprint density at radius 1 is 0.706 bits per heavy atom. The summed E-state index contributed by atoms with van der Waals surface area (Å²) in [6, 6.07) is 10.8. The predicted molar refractivity (Wildman–Crippen MR) is 75.2 cm³/mol. The van der Waals surface area contributed by atoms with E-state index in [0.717, 1.165) is 5.69 Å². The van der Waals surface area contributed by atoms with Gasteiger partial charge >= 0.3 is 0 Å². The number of hydrogen-bond acceptors (Lipinski definition) is 1. The molecule has 0 aromatic heterocycles. The van der Waals surface area contributed by atoms with Crippen LogP contribution in [0.3, 0.4) is 0 Å². The maximum atomic E-state index is 6.03. The Hall–Kier alpha value is -1.76. The van der Waals surface area contributed by atoms with Gasteiger partial charge in [-0.05, 0) is 67.1 Å². The molecular formula is C16H19N. The molecule has 2 aromatic rings. The zero-order chi connectivity index (χ0) is 12.6. The van der Waals surface area contributed by atoms with Gasteiger partial charge in [-0.2, -0.15) is 0 Å². The Morgan fingerprint density at radius 3 is 1.94 bits per heavy atom. The fourth-order valence-corrected chi connectivity index (χ4v) is 1.97. The molecule has 0 amide bonds. The van der Waals surface area contributed by atoms with Gasteiger partial charge in [0.2, 0.25) is 0 Å². The van der Waals surface area contributed by atoms with Crippen LogP contribution in [0.1, 0.15) is 22.3 Å². The van der Waals surface area contributed by atoms with E-state index in [-0.39, 0.29) is 0 Å². The highest BCUT2D eigenvalue weighted by Crippen LogP contribution is 2.27. The van der Waals surface area contributed by atoms with Crippen molar-refractivity contribution in [1.29, 1.82) is 0 Å². The molecule has 0 aliphatic carbocycles. The lowest BCUT2D eigenvalue weighted by molar-refractivity contribution is 1.32. The number of aryl methyl sites for hydroxylation is 3. The van der Waals surface area contributed by atoms with Crippen LogP contribution in [-0.4, -0.2) is 0 Å². The monoisotopic (exact) mass is 225 g/mol. The molecule has 2 N–H and O–H groups in total. The summed E-state index contributed by atoms with van der Waals surface area (Å²) in [6.45, 7) is 8.45. The van der Waals surface area contributed by atoms with Crippen LogP contribution < -0.4 is 5.73 Å². The molecule has 0 bridgehead atoms. The van der Waals surface area contributed by atoms with Gasteiger partial charge in [0, 0.05) is 5.69 Å². The average Bonchev–Trinajstić information content (AvgIpc) is 2.29. The molecule has 2 rings (SSSR count). The summed E-state index contributed by atoms with van der Waals surface area (Å²) in [7, 11) is 0. The molecule has 1 heteroatoms. The van der Waals surface area contributed by atoms with Crippen molar-refractivity contribution in [3.05, 3.63) is 52.6 Å². The fraction of sp³-hybridized carbons (Fsp3) is 0.250. The van der Waals surface area contributed by atoms with Crippen molar-refractivity contribution >= 4 is 5.69 Å². The summed E-state index contributed by atoms with van der Waals surface area (Å²) in [6.07, 6.45) is 0. The van der Waals surface area contributed by atoms with Crippen molar-refractivity contribution in [2.75, 3.05) is 5.73 Å². The number of nitrogens with two attached hydrogens (primary N) is 1. The number of nitrogen functional groups attached to an aromatic ring is 1. The highest BCUT2D eigenvalue weighted by atomic mass is 14.6. The van der Waals surface area contributed by atoms with E-state index in [1.54, 1.807) is 0 Å². The summed E-state index contributed by atoms with van der Waals surface area (Å²) >= 11 is 0. The lowest BCUT2D eigenvalue weighted by Gasteiger charge is -2.10. The van der Waals surface area contributed by atoms with Crippen molar-refractivity contribution in [2.24, 2.45) is 0 Å². The second-order valence-electron chi connectivity index (χ2n) is 4.81. The maximum absolute atomic E-state index is 6.03. The SMILES string of the molecule is Cc1ccc(-c2cc(C)c(C)c(N)c2)cc1C. The minimum Gasteiger partial charge on any atom is -0.398 e. The molecule has 0 unspecified atom stereocenters. The van der Waals surface area contributed by atoms with E-state index < -0.39 is 0 Å². The van der Waals surface area contributed by atoms with E-state index in [9.17, 15) is 0 Å². The standard InChI is InChI=1S/C16H19N/c1-10-5-6-14(7-11(10)2)15-8-12(3)13(4)16(17)9-15/h5-9H,17H2,1-4H3. The molecule has 1 nitrogen and oxygen atoms in total. The lowest BCUT2D eigenvalue weighted by atomic mass is 9.96. The van der Waals surface area contributed by atoms with Crippen LogP contribution in [-0.2, 0) is 0 Å². The quantitative estimate of drug-likeness (QED) is 0.724. The third-order valence-electron chi connectivity index (χ3n) is 3.55. The highest BCUT2D eigenvalue weighted by Gasteiger charge is 2.04. The van der Waals surface area contributed by atoms with Gasteiger partial charge < -0.3 is 5.73 Å². The Balaban J connectivity index is 2.57. The first-order valence-corrected chi connectivity index (χ1v) is 5.93. The molecule has 0 fully saturated rings. The van der Waals surface area contributed by atoms with Crippen LogP contribution in [0.25, 0.3) is 11.1 Å². The molecule has 2 aromatic carbocycles. The third-order valence-corrected chi connectivity index (χ3v) is 3.55. The smallest absolute Gasteiger partial charge is 0.0352 e. The van der Waals surface area contributed by atoms with Gasteiger partial charge in [-0.1, -0.05) is 24.3 Å². The first kappa shape index (κ1) is 11.7. The Labute approximate surface area is 103 Å². The first-order valence-electron chi connectivity index (χ1n) is 5.93. The number of benzene rings is 2. The van der Waals surface area contributed by atoms with E-state index in [4.69, 9.17) is 5.73 Å². The first-order chi connectivity index (χ1) is 7.99. The van der Waals surface area contributed by atoms with Crippen molar-refractivity contribution in [2.45, 2.75) is 27.7 Å². The molecule has 0 spiro atoms. The van der Waals surface area contributed by atoms with Crippen LogP contribution in [0, 0.1) is 27.7 Å². The molecule has 0 atom stereocenters. The van der Waals surface area contributed by atoms with Crippen LogP contribution in [0.5, 0.6) is 0 Å². The predicted octanol–water partition coefficient (Wildman–Crippen LogP) is 4.17. The molecule has 0 aliphatic rings. The molecule has 17 heavy (non-hydrogen) atoms. The molecule has 0 saturated heterocycles. The van der Waals surface area contributed by atoms with Crippen molar-refractivity contribution in [3.8, 4) is 11.1 Å². The van der Waals surface area contributed by atoms with Gasteiger partial charge in [0.05, 0.1) is 0 Å². The molecule has 0 aliphatic heterocycles. The van der Waals surface area contributed by atoms with E-state index in [1.165, 1.54) is 33.4 Å². The molecule has 0 saturated carbocycles. The van der Waals surface area contributed by atoms with Crippen molar-refractivity contribution in [3.63, 3.8) is 0 Å². The normalized spacial score (nSPS) is 10.6. The highest BCUT2D eigenvalue weighted by molar-refractivity contribution is 5.71. The second-order valence-corrected chi connectivity index (χ2v) is 4.81. The minimum absolute atomic E-state index is 0.873. The zero-order valence-electron chi connectivity index (χ0n) is 11.0. The fourth-order valence-electron chi connectivity index (χ4n) is 1.97. The van der Waals surface area contributed by atoms with Crippen LogP contribution in [0.15, 0.2) is 30.3 Å². The topological polar surface area (TPSA) is 26.0 Å². The summed E-state index contributed by atoms with van der Waals surface area (Å²) in [5, 5.41) is 0. The molecule has 0 radical (unpaired) electrons. The van der Waals surface area contributed by atoms with Crippen molar-refractivity contribution in [1.82, 2.24) is 0 Å². The zero-order valence-corrected chi connectivity index (χ0v) is 11.0. The lowest BCUT2D eigenvalue weighted by Crippen LogP contribution is -1.94. The Morgan fingerprint density at radius 2 is 1.35 bits per heavy atom. The summed E-state index contributed by atoms with van der Waals surface area (Å²) < 4.78 is 0. The van der Waals surface area contributed by atoms with Gasteiger partial charge in [-0.15, -0.1) is 0 Å². The number of anilines is 1. The summed E-state index contributed by atoms with van der Waals surface area (Å²) in [5.74, 6) is 0. The van der Waals surface area contributed by atoms with Gasteiger partial charge in [-0.25, -0.2) is 0 Å². The maximum Gasteiger partial charge on any atom is 0.0352 e. The van der Waals surface area contributed by atoms with E-state index in [1.807, 2.05) is 0 Å². The largest absolute Gasteiger partial charge is 0.398 e.